The molecular formula is C29H22F2N2O4S3. The van der Waals surface area contributed by atoms with Gasteiger partial charge in [0.25, 0.3) is 0 Å². The first kappa shape index (κ1) is 26.5. The molecule has 6 nitrogen and oxygen atoms in total. The quantitative estimate of drug-likeness (QED) is 0.196. The fourth-order valence-corrected chi connectivity index (χ4v) is 8.04. The first-order valence-corrected chi connectivity index (χ1v) is 14.8. The number of carboxylic acids is 1. The summed E-state index contributed by atoms with van der Waals surface area (Å²) in [7, 11) is 0. The van der Waals surface area contributed by atoms with E-state index in [0.717, 1.165) is 24.7 Å². The van der Waals surface area contributed by atoms with Crippen molar-refractivity contribution in [1.29, 1.82) is 0 Å². The van der Waals surface area contributed by atoms with Crippen molar-refractivity contribution in [3.63, 3.8) is 0 Å². The third kappa shape index (κ3) is 4.57. The molecule has 0 unspecified atom stereocenters. The van der Waals surface area contributed by atoms with E-state index in [9.17, 15) is 19.1 Å². The van der Waals surface area contributed by atoms with Crippen LogP contribution in [0.3, 0.4) is 0 Å². The zero-order valence-corrected chi connectivity index (χ0v) is 23.7. The SMILES string of the molecule is Cc1nsc(-c2cc3sc(-c4ccc(C5(C(=O)O)CC5)c(F)c4F)cc3s2)c1NC(=O)O[C@H](C)c1ccccc1. The molecule has 5 aromatic rings. The van der Waals surface area contributed by atoms with E-state index in [-0.39, 0.29) is 11.1 Å². The van der Waals surface area contributed by atoms with Gasteiger partial charge >= 0.3 is 12.1 Å². The summed E-state index contributed by atoms with van der Waals surface area (Å²) in [5, 5.41) is 12.3. The number of hydrogen-bond donors (Lipinski definition) is 2. The van der Waals surface area contributed by atoms with Crippen molar-refractivity contribution in [1.82, 2.24) is 4.37 Å². The predicted octanol–water partition coefficient (Wildman–Crippen LogP) is 8.77. The number of halogens is 2. The lowest BCUT2D eigenvalue weighted by Crippen LogP contribution is -2.21. The molecule has 3 heterocycles. The normalized spacial score (nSPS) is 14.7. The number of rotatable bonds is 7. The van der Waals surface area contributed by atoms with E-state index < -0.39 is 35.2 Å². The Morgan fingerprint density at radius 2 is 1.70 bits per heavy atom. The number of nitrogens with zero attached hydrogens (tertiary/aromatic N) is 1. The average molecular weight is 597 g/mol. The van der Waals surface area contributed by atoms with Crippen LogP contribution < -0.4 is 5.32 Å². The van der Waals surface area contributed by atoms with Gasteiger partial charge < -0.3 is 9.84 Å². The molecule has 0 saturated heterocycles. The summed E-state index contributed by atoms with van der Waals surface area (Å²) in [4.78, 5) is 26.5. The Kier molecular flexibility index (Phi) is 6.68. The third-order valence-electron chi connectivity index (χ3n) is 7.10. The number of aryl methyl sites for hydroxylation is 1. The number of carboxylic acid groups (broad SMARTS) is 1. The first-order valence-electron chi connectivity index (χ1n) is 12.4. The fourth-order valence-electron chi connectivity index (χ4n) is 4.68. The van der Waals surface area contributed by atoms with Crippen molar-refractivity contribution >= 4 is 61.4 Å². The van der Waals surface area contributed by atoms with Gasteiger partial charge in [0.2, 0.25) is 0 Å². The summed E-state index contributed by atoms with van der Waals surface area (Å²) in [5.74, 6) is -3.26. The average Bonchev–Trinajstić information content (AvgIpc) is 3.34. The molecule has 0 aliphatic heterocycles. The molecule has 0 spiro atoms. The van der Waals surface area contributed by atoms with Crippen LogP contribution in [-0.2, 0) is 14.9 Å². The van der Waals surface area contributed by atoms with Crippen molar-refractivity contribution in [2.75, 3.05) is 5.32 Å². The second-order valence-electron chi connectivity index (χ2n) is 9.68. The van der Waals surface area contributed by atoms with E-state index in [1.165, 1.54) is 46.3 Å². The number of anilines is 1. The van der Waals surface area contributed by atoms with E-state index in [1.54, 1.807) is 19.9 Å². The summed E-state index contributed by atoms with van der Waals surface area (Å²) in [6, 6.07) is 16.0. The molecule has 1 aliphatic rings. The molecule has 6 rings (SSSR count). The van der Waals surface area contributed by atoms with Crippen LogP contribution in [0, 0.1) is 18.6 Å². The molecule has 1 fully saturated rings. The minimum atomic E-state index is -1.32. The second kappa shape index (κ2) is 10.1. The highest BCUT2D eigenvalue weighted by Crippen LogP contribution is 2.51. The van der Waals surface area contributed by atoms with Gasteiger partial charge in [-0.25, -0.2) is 13.6 Å². The first-order chi connectivity index (χ1) is 19.2. The Hall–Kier alpha value is -3.67. The van der Waals surface area contributed by atoms with Gasteiger partial charge in [-0.05, 0) is 55.9 Å². The largest absolute Gasteiger partial charge is 0.481 e. The van der Waals surface area contributed by atoms with Gasteiger partial charge in [0.1, 0.15) is 6.10 Å². The number of nitrogens with one attached hydrogen (secondary N) is 1. The lowest BCUT2D eigenvalue weighted by atomic mass is 9.94. The minimum Gasteiger partial charge on any atom is -0.481 e. The summed E-state index contributed by atoms with van der Waals surface area (Å²) in [6.45, 7) is 3.61. The molecule has 2 N–H and O–H groups in total. The zero-order valence-electron chi connectivity index (χ0n) is 21.3. The van der Waals surface area contributed by atoms with Crippen LogP contribution in [0.2, 0.25) is 0 Å². The Bertz CT molecular complexity index is 1740. The van der Waals surface area contributed by atoms with Crippen LogP contribution in [0.4, 0.5) is 19.3 Å². The summed E-state index contributed by atoms with van der Waals surface area (Å²) >= 11 is 4.03. The Labute approximate surface area is 240 Å². The highest BCUT2D eigenvalue weighted by Gasteiger charge is 2.53. The van der Waals surface area contributed by atoms with Gasteiger partial charge in [0.15, 0.2) is 11.6 Å². The molecule has 1 aliphatic carbocycles. The molecule has 1 saturated carbocycles. The molecule has 1 amide bonds. The zero-order chi connectivity index (χ0) is 28.2. The Balaban J connectivity index is 1.24. The minimum absolute atomic E-state index is 0.0980. The van der Waals surface area contributed by atoms with Crippen molar-refractivity contribution in [2.24, 2.45) is 0 Å². The number of amides is 1. The predicted molar refractivity (Wildman–Crippen MR) is 154 cm³/mol. The number of ether oxygens (including phenoxy) is 1. The Morgan fingerprint density at radius 3 is 2.38 bits per heavy atom. The van der Waals surface area contributed by atoms with Crippen LogP contribution in [0.15, 0.2) is 54.6 Å². The molecule has 2 aromatic carbocycles. The number of thiophene rings is 2. The van der Waals surface area contributed by atoms with Gasteiger partial charge in [0, 0.05) is 25.4 Å². The maximum Gasteiger partial charge on any atom is 0.412 e. The van der Waals surface area contributed by atoms with Crippen LogP contribution >= 0.6 is 34.2 Å². The van der Waals surface area contributed by atoms with Crippen LogP contribution in [0.1, 0.15) is 42.7 Å². The van der Waals surface area contributed by atoms with E-state index in [0.29, 0.717) is 29.1 Å². The van der Waals surface area contributed by atoms with Crippen molar-refractivity contribution < 1.29 is 28.2 Å². The maximum atomic E-state index is 15.1. The standard InChI is InChI=1S/C29H22F2N2O4S3/c1-14-25(32-28(36)37-15(2)16-6-4-3-5-7-16)26(40-33-14)22-13-21-20(39-22)12-19(38-21)17-8-9-18(24(31)23(17)30)29(10-11-29)27(34)35/h3-9,12-13,15H,10-11H2,1-2H3,(H,32,36)(H,34,35)/t15-/m1/s1. The van der Waals surface area contributed by atoms with E-state index in [1.807, 2.05) is 36.4 Å². The van der Waals surface area contributed by atoms with Crippen molar-refractivity contribution in [3.8, 4) is 20.2 Å². The molecule has 204 valence electrons. The molecule has 11 heteroatoms. The van der Waals surface area contributed by atoms with Gasteiger partial charge in [-0.3, -0.25) is 10.1 Å². The summed E-state index contributed by atoms with van der Waals surface area (Å²) in [6.07, 6.45) is -0.417. The second-order valence-corrected chi connectivity index (χ2v) is 12.6. The number of hydrogen-bond acceptors (Lipinski definition) is 7. The molecule has 1 atom stereocenters. The van der Waals surface area contributed by atoms with E-state index >= 15 is 4.39 Å². The molecule has 40 heavy (non-hydrogen) atoms. The highest BCUT2D eigenvalue weighted by atomic mass is 32.1. The molecule has 0 radical (unpaired) electrons. The van der Waals surface area contributed by atoms with E-state index in [4.69, 9.17) is 4.74 Å². The molecule has 3 aromatic heterocycles. The third-order valence-corrected chi connectivity index (χ3v) is 10.5. The number of fused-ring (bicyclic) bond motifs is 1. The summed E-state index contributed by atoms with van der Waals surface area (Å²) < 4.78 is 41.8. The van der Waals surface area contributed by atoms with Crippen LogP contribution in [-0.4, -0.2) is 21.5 Å². The fraction of sp³-hybridized carbons (Fsp3) is 0.207. The lowest BCUT2D eigenvalue weighted by Gasteiger charge is -2.14. The Morgan fingerprint density at radius 1 is 1.02 bits per heavy atom. The van der Waals surface area contributed by atoms with Gasteiger partial charge in [0.05, 0.1) is 26.6 Å². The molecule has 0 bridgehead atoms. The highest BCUT2D eigenvalue weighted by molar-refractivity contribution is 7.32. The number of benzene rings is 2. The smallest absolute Gasteiger partial charge is 0.412 e. The van der Waals surface area contributed by atoms with Crippen molar-refractivity contribution in [2.45, 2.75) is 38.2 Å². The van der Waals surface area contributed by atoms with E-state index in [2.05, 4.69) is 9.69 Å². The summed E-state index contributed by atoms with van der Waals surface area (Å²) in [5.41, 5.74) is 0.795. The van der Waals surface area contributed by atoms with Gasteiger partial charge in [-0.15, -0.1) is 22.7 Å². The van der Waals surface area contributed by atoms with Crippen LogP contribution in [0.5, 0.6) is 0 Å². The van der Waals surface area contributed by atoms with Crippen molar-refractivity contribution in [3.05, 3.63) is 83.1 Å². The number of aromatic nitrogens is 1. The lowest BCUT2D eigenvalue weighted by molar-refractivity contribution is -0.140. The number of carbonyl (C=O) groups excluding carboxylic acids is 1. The monoisotopic (exact) mass is 596 g/mol. The van der Waals surface area contributed by atoms with Crippen LogP contribution in [0.25, 0.3) is 29.6 Å². The maximum absolute atomic E-state index is 15.1. The number of aliphatic carboxylic acids is 1. The topological polar surface area (TPSA) is 88.5 Å². The molecular weight excluding hydrogens is 575 g/mol. The van der Waals surface area contributed by atoms with Gasteiger partial charge in [-0.2, -0.15) is 4.37 Å². The number of carbonyl (C=O) groups is 2. The van der Waals surface area contributed by atoms with Gasteiger partial charge in [-0.1, -0.05) is 42.5 Å².